The van der Waals surface area contributed by atoms with Crippen molar-refractivity contribution in [2.24, 2.45) is 9.36 Å². The van der Waals surface area contributed by atoms with E-state index in [-0.39, 0.29) is 12.1 Å². The second-order valence-electron chi connectivity index (χ2n) is 6.60. The van der Waals surface area contributed by atoms with E-state index in [1.165, 1.54) is 30.5 Å². The van der Waals surface area contributed by atoms with Gasteiger partial charge in [0.05, 0.1) is 20.7 Å². The van der Waals surface area contributed by atoms with Gasteiger partial charge >= 0.3 is 0 Å². The summed E-state index contributed by atoms with van der Waals surface area (Å²) in [7, 11) is -2.70. The molecule has 0 fully saturated rings. The number of hydrogen-bond donors (Lipinski definition) is 0. The molecule has 1 aliphatic rings. The number of aliphatic imine (C=N–C) groups is 1. The summed E-state index contributed by atoms with van der Waals surface area (Å²) in [6, 6.07) is 2.84. The Morgan fingerprint density at radius 3 is 2.79 bits per heavy atom. The minimum Gasteiger partial charge on any atom is -0.283 e. The number of thiazole rings is 1. The third kappa shape index (κ3) is 4.52. The van der Waals surface area contributed by atoms with Gasteiger partial charge in [0, 0.05) is 30.8 Å². The number of aromatic nitrogens is 2. The maximum Gasteiger partial charge on any atom is 0.289 e. The van der Waals surface area contributed by atoms with Gasteiger partial charge in [0.15, 0.2) is 0 Å². The minimum absolute atomic E-state index is 0.281. The fourth-order valence-electron chi connectivity index (χ4n) is 2.63. The van der Waals surface area contributed by atoms with Crippen LogP contribution in [0.1, 0.15) is 48.9 Å². The standard InChI is InChI=1S/C19H22F2N4OS2/c1-4-19(20,21)17-9-8-14(11-23-17)13(2)28(3,26)25-18-24-16(12-27-18)15-7-5-6-10-22-15/h5,7-9,11-13H,4,6,10H2,1-3H3. The van der Waals surface area contributed by atoms with E-state index in [9.17, 15) is 13.0 Å². The highest BCUT2D eigenvalue weighted by Gasteiger charge is 2.30. The molecule has 0 saturated heterocycles. The van der Waals surface area contributed by atoms with Gasteiger partial charge in [-0.05, 0) is 31.1 Å². The molecular formula is C19H22F2N4OS2. The molecule has 150 valence electrons. The number of alkyl halides is 2. The lowest BCUT2D eigenvalue weighted by Gasteiger charge is -2.16. The zero-order valence-corrected chi connectivity index (χ0v) is 17.6. The molecular weight excluding hydrogens is 402 g/mol. The van der Waals surface area contributed by atoms with Crippen LogP contribution >= 0.6 is 11.3 Å². The van der Waals surface area contributed by atoms with Gasteiger partial charge in [-0.1, -0.05) is 19.1 Å². The maximum absolute atomic E-state index is 13.7. The van der Waals surface area contributed by atoms with Gasteiger partial charge in [-0.15, -0.1) is 11.3 Å². The van der Waals surface area contributed by atoms with Crippen LogP contribution < -0.4 is 0 Å². The van der Waals surface area contributed by atoms with Crippen molar-refractivity contribution in [1.29, 1.82) is 0 Å². The Morgan fingerprint density at radius 1 is 1.39 bits per heavy atom. The molecule has 0 amide bonds. The molecule has 0 radical (unpaired) electrons. The van der Waals surface area contributed by atoms with E-state index in [1.807, 2.05) is 17.5 Å². The molecule has 3 heterocycles. The van der Waals surface area contributed by atoms with Gasteiger partial charge in [-0.25, -0.2) is 9.19 Å². The molecule has 0 bridgehead atoms. The van der Waals surface area contributed by atoms with Crippen molar-refractivity contribution in [2.45, 2.75) is 37.9 Å². The summed E-state index contributed by atoms with van der Waals surface area (Å²) in [5.74, 6) is -2.96. The molecule has 28 heavy (non-hydrogen) atoms. The topological polar surface area (TPSA) is 67.6 Å². The monoisotopic (exact) mass is 424 g/mol. The van der Waals surface area contributed by atoms with Crippen molar-refractivity contribution in [3.05, 3.63) is 52.8 Å². The number of halogens is 2. The minimum atomic E-state index is -2.96. The van der Waals surface area contributed by atoms with Crippen molar-refractivity contribution in [1.82, 2.24) is 9.97 Å². The highest BCUT2D eigenvalue weighted by molar-refractivity contribution is 7.93. The van der Waals surface area contributed by atoms with Crippen LogP contribution in [0.15, 0.2) is 45.2 Å². The first-order valence-electron chi connectivity index (χ1n) is 8.95. The van der Waals surface area contributed by atoms with E-state index in [1.54, 1.807) is 19.2 Å². The smallest absolute Gasteiger partial charge is 0.283 e. The quantitative estimate of drug-likeness (QED) is 0.634. The third-order valence-electron chi connectivity index (χ3n) is 4.60. The first-order chi connectivity index (χ1) is 13.2. The van der Waals surface area contributed by atoms with Crippen LogP contribution in [0, 0.1) is 0 Å². The van der Waals surface area contributed by atoms with Crippen LogP contribution in [0.3, 0.4) is 0 Å². The van der Waals surface area contributed by atoms with Gasteiger partial charge in [-0.2, -0.15) is 13.1 Å². The molecule has 9 heteroatoms. The first-order valence-corrected chi connectivity index (χ1v) is 11.8. The molecule has 2 unspecified atom stereocenters. The van der Waals surface area contributed by atoms with E-state index in [4.69, 9.17) is 0 Å². The van der Waals surface area contributed by atoms with Gasteiger partial charge in [-0.3, -0.25) is 9.98 Å². The van der Waals surface area contributed by atoms with Gasteiger partial charge < -0.3 is 0 Å². The maximum atomic E-state index is 13.7. The molecule has 0 aliphatic carbocycles. The molecule has 5 nitrogen and oxygen atoms in total. The van der Waals surface area contributed by atoms with Crippen LogP contribution in [0.4, 0.5) is 13.9 Å². The summed E-state index contributed by atoms with van der Waals surface area (Å²) in [6.45, 7) is 3.90. The highest BCUT2D eigenvalue weighted by atomic mass is 32.2. The van der Waals surface area contributed by atoms with Crippen LogP contribution in [0.5, 0.6) is 0 Å². The number of nitrogens with zero attached hydrogens (tertiary/aromatic N) is 4. The summed E-state index contributed by atoms with van der Waals surface area (Å²) < 4.78 is 45.0. The van der Waals surface area contributed by atoms with E-state index in [0.29, 0.717) is 10.7 Å². The van der Waals surface area contributed by atoms with E-state index in [2.05, 4.69) is 19.3 Å². The average molecular weight is 425 g/mol. The zero-order chi connectivity index (χ0) is 20.4. The summed E-state index contributed by atoms with van der Waals surface area (Å²) in [6.07, 6.45) is 7.47. The van der Waals surface area contributed by atoms with Crippen molar-refractivity contribution in [2.75, 3.05) is 12.8 Å². The molecule has 0 N–H and O–H groups in total. The molecule has 2 atom stereocenters. The van der Waals surface area contributed by atoms with E-state index >= 15 is 0 Å². The fraction of sp³-hybridized carbons (Fsp3) is 0.421. The summed E-state index contributed by atoms with van der Waals surface area (Å²) in [5, 5.41) is 1.78. The van der Waals surface area contributed by atoms with Crippen molar-refractivity contribution >= 4 is 31.9 Å². The van der Waals surface area contributed by atoms with Crippen LogP contribution in [0.2, 0.25) is 0 Å². The Labute approximate surface area is 167 Å². The Kier molecular flexibility index (Phi) is 6.04. The zero-order valence-electron chi connectivity index (χ0n) is 15.9. The van der Waals surface area contributed by atoms with Crippen molar-refractivity contribution < 1.29 is 13.0 Å². The van der Waals surface area contributed by atoms with Gasteiger partial charge in [0.1, 0.15) is 11.4 Å². The Hall–Kier alpha value is -2.00. The number of hydrogen-bond acceptors (Lipinski definition) is 6. The Balaban J connectivity index is 1.84. The van der Waals surface area contributed by atoms with Crippen molar-refractivity contribution in [3.63, 3.8) is 0 Å². The Bertz CT molecular complexity index is 1020. The molecule has 0 spiro atoms. The molecule has 0 aromatic carbocycles. The number of pyridine rings is 1. The summed E-state index contributed by atoms with van der Waals surface area (Å²) in [5.41, 5.74) is 1.84. The number of allylic oxidation sites excluding steroid dienone is 1. The van der Waals surface area contributed by atoms with Crippen LogP contribution in [-0.4, -0.2) is 32.7 Å². The van der Waals surface area contributed by atoms with Gasteiger partial charge in [0.2, 0.25) is 5.13 Å². The average Bonchev–Trinajstić information content (AvgIpc) is 3.16. The fourth-order valence-corrected chi connectivity index (χ4v) is 4.94. The van der Waals surface area contributed by atoms with Crippen LogP contribution in [-0.2, 0) is 15.7 Å². The Morgan fingerprint density at radius 2 is 2.18 bits per heavy atom. The lowest BCUT2D eigenvalue weighted by atomic mass is 10.1. The normalized spacial score (nSPS) is 17.7. The van der Waals surface area contributed by atoms with E-state index < -0.39 is 20.9 Å². The molecule has 2 aromatic heterocycles. The lowest BCUT2D eigenvalue weighted by molar-refractivity contribution is -0.0128. The first kappa shape index (κ1) is 20.7. The second-order valence-corrected chi connectivity index (χ2v) is 10.1. The lowest BCUT2D eigenvalue weighted by Crippen LogP contribution is -2.14. The third-order valence-corrected chi connectivity index (χ3v) is 7.57. The largest absolute Gasteiger partial charge is 0.289 e. The summed E-state index contributed by atoms with van der Waals surface area (Å²) in [4.78, 5) is 12.7. The highest BCUT2D eigenvalue weighted by Crippen LogP contribution is 2.32. The molecule has 2 aromatic rings. The van der Waals surface area contributed by atoms with E-state index in [0.717, 1.165) is 24.4 Å². The summed E-state index contributed by atoms with van der Waals surface area (Å²) >= 11 is 1.30. The van der Waals surface area contributed by atoms with Gasteiger partial charge in [0.25, 0.3) is 5.92 Å². The number of rotatable bonds is 6. The SMILES string of the molecule is CCC(F)(F)c1ccc(C(C)S(C)(=O)=Nc2nc(C3=NCCC=C3)cs2)cn1. The molecule has 1 aliphatic heterocycles. The predicted octanol–water partition coefficient (Wildman–Crippen LogP) is 5.28. The second kappa shape index (κ2) is 8.16. The molecule has 3 rings (SSSR count). The number of dihydropyridines is 1. The van der Waals surface area contributed by atoms with Crippen molar-refractivity contribution in [3.8, 4) is 0 Å². The molecule has 0 saturated carbocycles. The van der Waals surface area contributed by atoms with Crippen LogP contribution in [0.25, 0.3) is 0 Å². The predicted molar refractivity (Wildman–Crippen MR) is 110 cm³/mol.